The highest BCUT2D eigenvalue weighted by Gasteiger charge is 2.01. The molecule has 0 heterocycles. The van der Waals surface area contributed by atoms with Crippen LogP contribution < -0.4 is 5.32 Å². The van der Waals surface area contributed by atoms with Gasteiger partial charge in [0.1, 0.15) is 0 Å². The van der Waals surface area contributed by atoms with Crippen LogP contribution in [0.1, 0.15) is 18.4 Å². The van der Waals surface area contributed by atoms with Crippen molar-refractivity contribution in [2.75, 3.05) is 6.54 Å². The van der Waals surface area contributed by atoms with Gasteiger partial charge in [0.15, 0.2) is 0 Å². The molecule has 3 nitrogen and oxygen atoms in total. The first-order valence-electron chi connectivity index (χ1n) is 4.96. The van der Waals surface area contributed by atoms with Crippen LogP contribution in [-0.4, -0.2) is 17.6 Å². The quantitative estimate of drug-likeness (QED) is 0.794. The Balaban J connectivity index is 2.31. The van der Waals surface area contributed by atoms with Crippen molar-refractivity contribution >= 4 is 33.5 Å². The van der Waals surface area contributed by atoms with E-state index in [0.29, 0.717) is 24.5 Å². The van der Waals surface area contributed by atoms with Gasteiger partial charge in [-0.15, -0.1) is 0 Å². The molecule has 1 aromatic rings. The van der Waals surface area contributed by atoms with E-state index in [0.717, 1.165) is 10.0 Å². The fourth-order valence-electron chi connectivity index (χ4n) is 1.27. The molecule has 0 aliphatic rings. The summed E-state index contributed by atoms with van der Waals surface area (Å²) in [6, 6.07) is 5.60. The number of carboxylic acids is 1. The minimum absolute atomic E-state index is 0.198. The molecule has 0 saturated heterocycles. The summed E-state index contributed by atoms with van der Waals surface area (Å²) in [4.78, 5) is 10.3. The highest BCUT2D eigenvalue weighted by Crippen LogP contribution is 2.20. The molecule has 2 N–H and O–H groups in total. The van der Waals surface area contributed by atoms with Gasteiger partial charge in [-0.05, 0) is 36.7 Å². The zero-order valence-corrected chi connectivity index (χ0v) is 11.0. The number of carboxylic acid groups (broad SMARTS) is 1. The van der Waals surface area contributed by atoms with Gasteiger partial charge in [0.25, 0.3) is 0 Å². The van der Waals surface area contributed by atoms with Crippen LogP contribution in [-0.2, 0) is 11.3 Å². The molecule has 0 aromatic heterocycles. The first-order chi connectivity index (χ1) is 7.59. The van der Waals surface area contributed by atoms with E-state index in [2.05, 4.69) is 21.2 Å². The van der Waals surface area contributed by atoms with Crippen molar-refractivity contribution in [3.8, 4) is 0 Å². The lowest BCUT2D eigenvalue weighted by molar-refractivity contribution is -0.137. The fraction of sp³-hybridized carbons (Fsp3) is 0.364. The summed E-state index contributed by atoms with van der Waals surface area (Å²) in [6.45, 7) is 1.37. The van der Waals surface area contributed by atoms with E-state index in [1.54, 1.807) is 0 Å². The van der Waals surface area contributed by atoms with Gasteiger partial charge >= 0.3 is 5.97 Å². The lowest BCUT2D eigenvalue weighted by Gasteiger charge is -2.06. The van der Waals surface area contributed by atoms with Crippen molar-refractivity contribution in [3.63, 3.8) is 0 Å². The summed E-state index contributed by atoms with van der Waals surface area (Å²) in [5, 5.41) is 12.3. The molecular weight excluding hydrogens is 293 g/mol. The molecule has 1 rings (SSSR count). The number of hydrogen-bond donors (Lipinski definition) is 2. The van der Waals surface area contributed by atoms with E-state index in [9.17, 15) is 4.79 Å². The minimum Gasteiger partial charge on any atom is -0.481 e. The van der Waals surface area contributed by atoms with Crippen molar-refractivity contribution < 1.29 is 9.90 Å². The van der Waals surface area contributed by atoms with Crippen LogP contribution in [0, 0.1) is 0 Å². The maximum atomic E-state index is 10.3. The third-order valence-electron chi connectivity index (χ3n) is 2.07. The van der Waals surface area contributed by atoms with Gasteiger partial charge in [-0.3, -0.25) is 4.79 Å². The van der Waals surface area contributed by atoms with E-state index in [4.69, 9.17) is 16.7 Å². The Labute approximate surface area is 108 Å². The van der Waals surface area contributed by atoms with Crippen LogP contribution in [0.15, 0.2) is 22.7 Å². The average molecular weight is 307 g/mol. The van der Waals surface area contributed by atoms with Gasteiger partial charge in [-0.25, -0.2) is 0 Å². The Morgan fingerprint density at radius 2 is 2.25 bits per heavy atom. The maximum Gasteiger partial charge on any atom is 0.303 e. The van der Waals surface area contributed by atoms with Crippen LogP contribution >= 0.6 is 27.5 Å². The van der Waals surface area contributed by atoms with Crippen molar-refractivity contribution in [2.45, 2.75) is 19.4 Å². The zero-order chi connectivity index (χ0) is 12.0. The van der Waals surface area contributed by atoms with Gasteiger partial charge < -0.3 is 10.4 Å². The normalized spacial score (nSPS) is 10.4. The minimum atomic E-state index is -0.759. The van der Waals surface area contributed by atoms with Crippen LogP contribution in [0.2, 0.25) is 5.02 Å². The van der Waals surface area contributed by atoms with Gasteiger partial charge in [-0.2, -0.15) is 0 Å². The predicted molar refractivity (Wildman–Crippen MR) is 67.7 cm³/mol. The molecule has 0 amide bonds. The molecule has 0 fully saturated rings. The van der Waals surface area contributed by atoms with Crippen LogP contribution in [0.4, 0.5) is 0 Å². The van der Waals surface area contributed by atoms with Gasteiger partial charge in [0.2, 0.25) is 0 Å². The summed E-state index contributed by atoms with van der Waals surface area (Å²) >= 11 is 9.30. The van der Waals surface area contributed by atoms with Crippen molar-refractivity contribution in [1.29, 1.82) is 0 Å². The number of hydrogen-bond acceptors (Lipinski definition) is 2. The SMILES string of the molecule is O=C(O)CCCNCc1cc(Cl)ccc1Br. The third kappa shape index (κ3) is 4.96. The van der Waals surface area contributed by atoms with Gasteiger partial charge in [0.05, 0.1) is 0 Å². The predicted octanol–water partition coefficient (Wildman–Crippen LogP) is 3.06. The molecule has 0 spiro atoms. The number of benzene rings is 1. The number of rotatable bonds is 6. The summed E-state index contributed by atoms with van der Waals surface area (Å²) < 4.78 is 1.00. The smallest absolute Gasteiger partial charge is 0.303 e. The Morgan fingerprint density at radius 3 is 2.94 bits per heavy atom. The molecule has 88 valence electrons. The first kappa shape index (κ1) is 13.5. The van der Waals surface area contributed by atoms with E-state index in [1.807, 2.05) is 18.2 Å². The molecule has 0 atom stereocenters. The standard InChI is InChI=1S/C11H13BrClNO2/c12-10-4-3-9(13)6-8(10)7-14-5-1-2-11(15)16/h3-4,6,14H,1-2,5,7H2,(H,15,16). The molecule has 0 radical (unpaired) electrons. The Kier molecular flexibility index (Phi) is 5.80. The molecule has 0 bridgehead atoms. The Hall–Kier alpha value is -0.580. The second-order valence-electron chi connectivity index (χ2n) is 3.41. The highest BCUT2D eigenvalue weighted by molar-refractivity contribution is 9.10. The molecule has 1 aromatic carbocycles. The first-order valence-corrected chi connectivity index (χ1v) is 6.13. The molecule has 0 saturated carbocycles. The monoisotopic (exact) mass is 305 g/mol. The molecule has 0 aliphatic heterocycles. The molecular formula is C11H13BrClNO2. The fourth-order valence-corrected chi connectivity index (χ4v) is 1.85. The van der Waals surface area contributed by atoms with E-state index >= 15 is 0 Å². The van der Waals surface area contributed by atoms with Crippen molar-refractivity contribution in [3.05, 3.63) is 33.3 Å². The second-order valence-corrected chi connectivity index (χ2v) is 4.70. The highest BCUT2D eigenvalue weighted by atomic mass is 79.9. The third-order valence-corrected chi connectivity index (χ3v) is 3.08. The summed E-state index contributed by atoms with van der Waals surface area (Å²) in [7, 11) is 0. The van der Waals surface area contributed by atoms with Gasteiger partial charge in [0, 0.05) is 22.5 Å². The van der Waals surface area contributed by atoms with Crippen LogP contribution in [0.3, 0.4) is 0 Å². The number of halogens is 2. The van der Waals surface area contributed by atoms with Crippen molar-refractivity contribution in [1.82, 2.24) is 5.32 Å². The molecule has 0 aliphatic carbocycles. The molecule has 0 unspecified atom stereocenters. The van der Waals surface area contributed by atoms with E-state index in [1.165, 1.54) is 0 Å². The summed E-state index contributed by atoms with van der Waals surface area (Å²) in [5.74, 6) is -0.759. The maximum absolute atomic E-state index is 10.3. The average Bonchev–Trinajstić information content (AvgIpc) is 2.22. The van der Waals surface area contributed by atoms with E-state index in [-0.39, 0.29) is 6.42 Å². The number of aliphatic carboxylic acids is 1. The van der Waals surface area contributed by atoms with Gasteiger partial charge in [-0.1, -0.05) is 27.5 Å². The Bertz CT molecular complexity index is 371. The molecule has 16 heavy (non-hydrogen) atoms. The number of carbonyl (C=O) groups is 1. The second kappa shape index (κ2) is 6.89. The van der Waals surface area contributed by atoms with Crippen LogP contribution in [0.25, 0.3) is 0 Å². The van der Waals surface area contributed by atoms with E-state index < -0.39 is 5.97 Å². The lowest BCUT2D eigenvalue weighted by atomic mass is 10.2. The number of nitrogens with one attached hydrogen (secondary N) is 1. The molecule has 5 heteroatoms. The van der Waals surface area contributed by atoms with Crippen molar-refractivity contribution in [2.24, 2.45) is 0 Å². The topological polar surface area (TPSA) is 49.3 Å². The zero-order valence-electron chi connectivity index (χ0n) is 8.67. The van der Waals surface area contributed by atoms with Crippen LogP contribution in [0.5, 0.6) is 0 Å². The largest absolute Gasteiger partial charge is 0.481 e. The lowest BCUT2D eigenvalue weighted by Crippen LogP contribution is -2.16. The Morgan fingerprint density at radius 1 is 1.50 bits per heavy atom. The summed E-state index contributed by atoms with van der Waals surface area (Å²) in [5.41, 5.74) is 1.07. The summed E-state index contributed by atoms with van der Waals surface area (Å²) in [6.07, 6.45) is 0.831.